The molecule has 0 aliphatic carbocycles. The molecule has 0 radical (unpaired) electrons. The fraction of sp³-hybridized carbons (Fsp3) is 0. The summed E-state index contributed by atoms with van der Waals surface area (Å²) in [5, 5.41) is 46.9. The van der Waals surface area contributed by atoms with E-state index < -0.39 is 33.5 Å². The van der Waals surface area contributed by atoms with Gasteiger partial charge in [-0.1, -0.05) is 0 Å². The number of benzene rings is 1. The van der Waals surface area contributed by atoms with Crippen LogP contribution in [0.2, 0.25) is 0 Å². The van der Waals surface area contributed by atoms with Crippen LogP contribution in [0.15, 0.2) is 5.18 Å². The summed E-state index contributed by atoms with van der Waals surface area (Å²) in [6.45, 7) is 0. The Balaban J connectivity index is 4.18. The molecule has 0 heterocycles. The van der Waals surface area contributed by atoms with Crippen molar-refractivity contribution in [3.05, 3.63) is 32.7 Å². The fourth-order valence-corrected chi connectivity index (χ4v) is 1.38. The molecule has 0 fully saturated rings. The van der Waals surface area contributed by atoms with Crippen LogP contribution in [0.4, 0.5) is 5.69 Å². The Bertz CT molecular complexity index is 705. The molecular weight excluding hydrogens is 232 g/mol. The van der Waals surface area contributed by atoms with Gasteiger partial charge in [-0.05, 0) is 5.18 Å². The van der Waals surface area contributed by atoms with Crippen molar-refractivity contribution in [2.24, 2.45) is 5.18 Å². The van der Waals surface area contributed by atoms with Crippen molar-refractivity contribution in [3.8, 4) is 30.3 Å². The normalized spacial score (nSPS) is 7.94. The van der Waals surface area contributed by atoms with E-state index in [0.29, 0.717) is 0 Å². The van der Waals surface area contributed by atoms with Crippen molar-refractivity contribution in [2.75, 3.05) is 0 Å². The second-order valence-corrected chi connectivity index (χ2v) is 2.87. The number of hydrogen-bond acceptors (Lipinski definition) is 7. The predicted molar refractivity (Wildman–Crippen MR) is 55.5 cm³/mol. The van der Waals surface area contributed by atoms with Crippen LogP contribution in [0, 0.1) is 61.6 Å². The number of hydrogen-bond donors (Lipinski definition) is 0. The van der Waals surface area contributed by atoms with E-state index in [-0.39, 0.29) is 0 Å². The second kappa shape index (κ2) is 4.86. The number of nitrogens with zero attached hydrogens (tertiary/aromatic N) is 6. The SMILES string of the molecule is N#Cc1c(C#N)c(C#N)c(N=O)c(C#N)c1C#N. The first-order valence-electron chi connectivity index (χ1n) is 4.27. The summed E-state index contributed by atoms with van der Waals surface area (Å²) in [5.74, 6) is 0. The van der Waals surface area contributed by atoms with Gasteiger partial charge in [-0.3, -0.25) is 0 Å². The summed E-state index contributed by atoms with van der Waals surface area (Å²) in [4.78, 5) is 10.6. The Morgan fingerprint density at radius 1 is 0.611 bits per heavy atom. The minimum atomic E-state index is -0.591. The van der Waals surface area contributed by atoms with Gasteiger partial charge < -0.3 is 0 Å². The lowest BCUT2D eigenvalue weighted by Gasteiger charge is -2.05. The maximum Gasteiger partial charge on any atom is 0.146 e. The smallest absolute Gasteiger partial charge is 0.146 e. The molecule has 0 spiro atoms. The maximum atomic E-state index is 10.6. The summed E-state index contributed by atoms with van der Waals surface area (Å²) < 4.78 is 0. The largest absolute Gasteiger partial charge is 0.192 e. The first-order valence-corrected chi connectivity index (χ1v) is 4.27. The molecule has 7 nitrogen and oxygen atoms in total. The molecule has 80 valence electrons. The molecule has 7 heteroatoms. The van der Waals surface area contributed by atoms with E-state index in [9.17, 15) is 4.91 Å². The first kappa shape index (κ1) is 12.3. The molecule has 18 heavy (non-hydrogen) atoms. The third kappa shape index (κ3) is 1.50. The topological polar surface area (TPSA) is 148 Å². The van der Waals surface area contributed by atoms with Crippen LogP contribution < -0.4 is 0 Å². The molecule has 0 atom stereocenters. The van der Waals surface area contributed by atoms with Crippen LogP contribution in [0.1, 0.15) is 27.8 Å². The molecule has 0 saturated heterocycles. The number of nitriles is 5. The van der Waals surface area contributed by atoms with Crippen molar-refractivity contribution in [3.63, 3.8) is 0 Å². The van der Waals surface area contributed by atoms with Gasteiger partial charge in [0.25, 0.3) is 0 Å². The van der Waals surface area contributed by atoms with Gasteiger partial charge in [0.2, 0.25) is 0 Å². The lowest BCUT2D eigenvalue weighted by atomic mass is 9.92. The highest BCUT2D eigenvalue weighted by molar-refractivity contribution is 5.77. The molecule has 0 aliphatic heterocycles. The Kier molecular flexibility index (Phi) is 3.33. The lowest BCUT2D eigenvalue weighted by Crippen LogP contribution is -1.99. The Hall–Kier alpha value is -3.73. The molecule has 1 aromatic rings. The number of nitroso groups, excluding NO2 is 1. The summed E-state index contributed by atoms with van der Waals surface area (Å²) in [6.07, 6.45) is 0. The van der Waals surface area contributed by atoms with E-state index in [2.05, 4.69) is 5.18 Å². The summed E-state index contributed by atoms with van der Waals surface area (Å²) in [6, 6.07) is 7.78. The van der Waals surface area contributed by atoms with Crippen LogP contribution in [-0.4, -0.2) is 0 Å². The average molecular weight is 232 g/mol. The van der Waals surface area contributed by atoms with Crippen molar-refractivity contribution in [2.45, 2.75) is 0 Å². The highest BCUT2D eigenvalue weighted by atomic mass is 16.3. The summed E-state index contributed by atoms with van der Waals surface area (Å²) in [5.41, 5.74) is -2.79. The number of rotatable bonds is 1. The van der Waals surface area contributed by atoms with Gasteiger partial charge in [-0.15, -0.1) is 4.91 Å². The van der Waals surface area contributed by atoms with Crippen LogP contribution >= 0.6 is 0 Å². The highest BCUT2D eigenvalue weighted by Crippen LogP contribution is 2.32. The third-order valence-corrected chi connectivity index (χ3v) is 2.12. The molecule has 0 saturated carbocycles. The zero-order chi connectivity index (χ0) is 13.7. The minimum absolute atomic E-state index is 0.402. The molecule has 0 unspecified atom stereocenters. The standard InChI is InChI=1S/C11N6O/c12-1-6-7(2-13)9(4-15)11(17-18)10(5-16)8(6)3-14. The molecule has 0 aromatic heterocycles. The summed E-state index contributed by atoms with van der Waals surface area (Å²) >= 11 is 0. The van der Waals surface area contributed by atoms with Gasteiger partial charge in [0.1, 0.15) is 47.2 Å². The molecule has 0 aliphatic rings. The average Bonchev–Trinajstić information content (AvgIpc) is 2.43. The van der Waals surface area contributed by atoms with Gasteiger partial charge in [0, 0.05) is 0 Å². The first-order chi connectivity index (χ1) is 8.69. The van der Waals surface area contributed by atoms with Crippen LogP contribution in [-0.2, 0) is 0 Å². The Labute approximate surface area is 101 Å². The van der Waals surface area contributed by atoms with Crippen LogP contribution in [0.25, 0.3) is 0 Å². The van der Waals surface area contributed by atoms with E-state index in [4.69, 9.17) is 26.3 Å². The molecule has 1 aromatic carbocycles. The zero-order valence-electron chi connectivity index (χ0n) is 8.59. The minimum Gasteiger partial charge on any atom is -0.192 e. The van der Waals surface area contributed by atoms with Gasteiger partial charge in [-0.25, -0.2) is 0 Å². The lowest BCUT2D eigenvalue weighted by molar-refractivity contribution is 1.31. The van der Waals surface area contributed by atoms with Gasteiger partial charge in [0.15, 0.2) is 0 Å². The van der Waals surface area contributed by atoms with E-state index in [1.807, 2.05) is 0 Å². The summed E-state index contributed by atoms with van der Waals surface area (Å²) in [7, 11) is 0. The molecular formula is C11N6O. The molecule has 0 amide bonds. The van der Waals surface area contributed by atoms with Gasteiger partial charge >= 0.3 is 0 Å². The maximum absolute atomic E-state index is 10.6. The molecule has 1 rings (SSSR count). The van der Waals surface area contributed by atoms with E-state index in [0.717, 1.165) is 0 Å². The Morgan fingerprint density at radius 2 is 0.889 bits per heavy atom. The van der Waals surface area contributed by atoms with E-state index in [1.54, 1.807) is 18.2 Å². The van der Waals surface area contributed by atoms with Crippen LogP contribution in [0.5, 0.6) is 0 Å². The van der Waals surface area contributed by atoms with Gasteiger partial charge in [0.05, 0.1) is 16.7 Å². The highest BCUT2D eigenvalue weighted by Gasteiger charge is 2.24. The van der Waals surface area contributed by atoms with E-state index >= 15 is 0 Å². The molecule has 0 N–H and O–H groups in total. The third-order valence-electron chi connectivity index (χ3n) is 2.12. The van der Waals surface area contributed by atoms with Crippen molar-refractivity contribution in [1.29, 1.82) is 26.3 Å². The fourth-order valence-electron chi connectivity index (χ4n) is 1.38. The Morgan fingerprint density at radius 3 is 1.11 bits per heavy atom. The van der Waals surface area contributed by atoms with Crippen molar-refractivity contribution >= 4 is 5.69 Å². The van der Waals surface area contributed by atoms with Crippen molar-refractivity contribution < 1.29 is 0 Å². The van der Waals surface area contributed by atoms with Crippen molar-refractivity contribution in [1.82, 2.24) is 0 Å². The monoisotopic (exact) mass is 232 g/mol. The van der Waals surface area contributed by atoms with Crippen LogP contribution in [0.3, 0.4) is 0 Å². The zero-order valence-corrected chi connectivity index (χ0v) is 8.59. The quantitative estimate of drug-likeness (QED) is 0.668. The van der Waals surface area contributed by atoms with E-state index in [1.165, 1.54) is 12.1 Å². The van der Waals surface area contributed by atoms with Gasteiger partial charge in [-0.2, -0.15) is 26.3 Å². The molecule has 0 bridgehead atoms. The second-order valence-electron chi connectivity index (χ2n) is 2.87. The predicted octanol–water partition coefficient (Wildman–Crippen LogP) is 1.44.